The van der Waals surface area contributed by atoms with Gasteiger partial charge < -0.3 is 10.6 Å². The minimum absolute atomic E-state index is 0.0958. The zero-order chi connectivity index (χ0) is 21.8. The van der Waals surface area contributed by atoms with Gasteiger partial charge in [0.1, 0.15) is 16.1 Å². The second-order valence-corrected chi connectivity index (χ2v) is 10.5. The third kappa shape index (κ3) is 3.45. The number of aromatic nitrogens is 4. The summed E-state index contributed by atoms with van der Waals surface area (Å²) < 4.78 is 25.8. The highest BCUT2D eigenvalue weighted by Gasteiger charge is 2.26. The Balaban J connectivity index is 1.64. The first-order chi connectivity index (χ1) is 14.9. The molecule has 0 unspecified atom stereocenters. The summed E-state index contributed by atoms with van der Waals surface area (Å²) in [6, 6.07) is 8.01. The van der Waals surface area contributed by atoms with Gasteiger partial charge in [0.05, 0.1) is 23.2 Å². The Morgan fingerprint density at radius 2 is 1.94 bits per heavy atom. The van der Waals surface area contributed by atoms with Crippen molar-refractivity contribution in [3.05, 3.63) is 53.3 Å². The maximum absolute atomic E-state index is 11.8. The van der Waals surface area contributed by atoms with Crippen molar-refractivity contribution in [2.45, 2.75) is 0 Å². The summed E-state index contributed by atoms with van der Waals surface area (Å²) in [5, 5.41) is 5.41. The Kier molecular flexibility index (Phi) is 4.71. The molecule has 0 aliphatic carbocycles. The molecule has 1 aromatic carbocycles. The van der Waals surface area contributed by atoms with Crippen LogP contribution in [0.25, 0.3) is 33.8 Å². The molecule has 0 atom stereocenters. The van der Waals surface area contributed by atoms with E-state index in [1.165, 1.54) is 0 Å². The van der Waals surface area contributed by atoms with Crippen molar-refractivity contribution in [3.8, 4) is 11.1 Å². The highest BCUT2D eigenvalue weighted by molar-refractivity contribution is 9.10. The molecular weight excluding hydrogens is 480 g/mol. The Hall–Kier alpha value is -2.98. The van der Waals surface area contributed by atoms with Gasteiger partial charge in [-0.05, 0) is 39.7 Å². The molecule has 0 amide bonds. The molecule has 1 fully saturated rings. The topological polar surface area (TPSA) is 106 Å². The quantitative estimate of drug-likeness (QED) is 0.462. The fourth-order valence-corrected chi connectivity index (χ4v) is 5.45. The fourth-order valence-electron chi connectivity index (χ4n) is 3.74. The van der Waals surface area contributed by atoms with E-state index in [-0.39, 0.29) is 11.5 Å². The number of rotatable bonds is 3. The van der Waals surface area contributed by atoms with Crippen LogP contribution >= 0.6 is 15.9 Å². The summed E-state index contributed by atoms with van der Waals surface area (Å²) >= 11 is 3.52. The lowest BCUT2D eigenvalue weighted by atomic mass is 10.1. The molecule has 0 radical (unpaired) electrons. The van der Waals surface area contributed by atoms with Gasteiger partial charge in [-0.3, -0.25) is 4.98 Å². The van der Waals surface area contributed by atoms with Gasteiger partial charge >= 0.3 is 0 Å². The number of nitrogens with zero attached hydrogens (tertiary/aromatic N) is 5. The van der Waals surface area contributed by atoms with E-state index in [2.05, 4.69) is 32.6 Å². The van der Waals surface area contributed by atoms with E-state index < -0.39 is 9.84 Å². The third-order valence-electron chi connectivity index (χ3n) is 5.50. The molecule has 5 rings (SSSR count). The summed E-state index contributed by atoms with van der Waals surface area (Å²) in [7, 11) is -3.00. The molecule has 4 heterocycles. The monoisotopic (exact) mass is 498 g/mol. The standard InChI is InChI=1S/C21H19BrN6O2S/c1-2-13-3-4-17-14(9-13)10-15(11-24-17)16-12-25-28-19(23)18(22)21(26-20(16)28)27-5-7-31(29,30)8-6-27/h2-4,9-12H,1,5-8,23H2. The lowest BCUT2D eigenvalue weighted by molar-refractivity contribution is 0.586. The Morgan fingerprint density at radius 1 is 1.16 bits per heavy atom. The number of nitrogen functional groups attached to an aromatic ring is 1. The normalized spacial score (nSPS) is 16.1. The van der Waals surface area contributed by atoms with Crippen LogP contribution in [0.1, 0.15) is 5.56 Å². The van der Waals surface area contributed by atoms with Crippen LogP contribution in [-0.2, 0) is 9.84 Å². The zero-order valence-electron chi connectivity index (χ0n) is 16.5. The highest BCUT2D eigenvalue weighted by Crippen LogP contribution is 2.35. The number of anilines is 2. The smallest absolute Gasteiger partial charge is 0.167 e. The Bertz CT molecular complexity index is 1450. The molecule has 0 bridgehead atoms. The van der Waals surface area contributed by atoms with Crippen LogP contribution in [0.5, 0.6) is 0 Å². The van der Waals surface area contributed by atoms with E-state index in [4.69, 9.17) is 10.7 Å². The Labute approximate surface area is 187 Å². The molecule has 1 saturated heterocycles. The molecule has 0 saturated carbocycles. The van der Waals surface area contributed by atoms with Crippen molar-refractivity contribution in [3.63, 3.8) is 0 Å². The van der Waals surface area contributed by atoms with Crippen LogP contribution < -0.4 is 10.6 Å². The predicted molar refractivity (Wildman–Crippen MR) is 127 cm³/mol. The van der Waals surface area contributed by atoms with E-state index in [9.17, 15) is 8.42 Å². The minimum Gasteiger partial charge on any atom is -0.383 e. The molecular formula is C21H19BrN6O2S. The summed E-state index contributed by atoms with van der Waals surface area (Å²) in [5.41, 5.74) is 10.5. The molecule has 31 heavy (non-hydrogen) atoms. The second-order valence-electron chi connectivity index (χ2n) is 7.45. The van der Waals surface area contributed by atoms with Gasteiger partial charge in [0.2, 0.25) is 0 Å². The van der Waals surface area contributed by atoms with E-state index in [0.717, 1.165) is 27.6 Å². The van der Waals surface area contributed by atoms with Crippen molar-refractivity contribution in [1.82, 2.24) is 19.6 Å². The maximum atomic E-state index is 11.8. The van der Waals surface area contributed by atoms with Crippen LogP contribution in [0, 0.1) is 0 Å². The van der Waals surface area contributed by atoms with Gasteiger partial charge in [0.25, 0.3) is 0 Å². The average Bonchev–Trinajstić information content (AvgIpc) is 3.19. The van der Waals surface area contributed by atoms with Gasteiger partial charge in [-0.1, -0.05) is 18.7 Å². The highest BCUT2D eigenvalue weighted by atomic mass is 79.9. The first-order valence-electron chi connectivity index (χ1n) is 9.67. The predicted octanol–water partition coefficient (Wildman–Crippen LogP) is 3.17. The van der Waals surface area contributed by atoms with Crippen LogP contribution in [-0.4, -0.2) is 52.6 Å². The van der Waals surface area contributed by atoms with Crippen LogP contribution in [0.15, 0.2) is 47.7 Å². The summed E-state index contributed by atoms with van der Waals surface area (Å²) in [6.45, 7) is 4.57. The molecule has 2 N–H and O–H groups in total. The molecule has 1 aliphatic rings. The first kappa shape index (κ1) is 20.0. The summed E-state index contributed by atoms with van der Waals surface area (Å²) in [6.07, 6.45) is 5.31. The number of fused-ring (bicyclic) bond motifs is 2. The first-order valence-corrected chi connectivity index (χ1v) is 12.3. The number of sulfone groups is 1. The summed E-state index contributed by atoms with van der Waals surface area (Å²) in [4.78, 5) is 11.3. The van der Waals surface area contributed by atoms with Crippen molar-refractivity contribution in [1.29, 1.82) is 0 Å². The number of nitrogens with two attached hydrogens (primary N) is 1. The number of halogens is 1. The summed E-state index contributed by atoms with van der Waals surface area (Å²) in [5.74, 6) is 1.21. The van der Waals surface area contributed by atoms with Crippen LogP contribution in [0.3, 0.4) is 0 Å². The van der Waals surface area contributed by atoms with Crippen molar-refractivity contribution in [2.24, 2.45) is 0 Å². The van der Waals surface area contributed by atoms with Gasteiger partial charge in [0.15, 0.2) is 15.5 Å². The zero-order valence-corrected chi connectivity index (χ0v) is 18.9. The fraction of sp³-hybridized carbons (Fsp3) is 0.190. The van der Waals surface area contributed by atoms with E-state index >= 15 is 0 Å². The van der Waals surface area contributed by atoms with E-state index in [1.54, 1.807) is 23.0 Å². The van der Waals surface area contributed by atoms with Crippen molar-refractivity contribution >= 4 is 60.0 Å². The molecule has 0 spiro atoms. The molecule has 1 aliphatic heterocycles. The van der Waals surface area contributed by atoms with Gasteiger partial charge in [-0.15, -0.1) is 0 Å². The van der Waals surface area contributed by atoms with Gasteiger partial charge in [-0.2, -0.15) is 9.61 Å². The molecule has 3 aromatic heterocycles. The van der Waals surface area contributed by atoms with E-state index in [1.807, 2.05) is 29.2 Å². The molecule has 4 aromatic rings. The largest absolute Gasteiger partial charge is 0.383 e. The third-order valence-corrected chi connectivity index (χ3v) is 7.87. The van der Waals surface area contributed by atoms with Crippen molar-refractivity contribution < 1.29 is 8.42 Å². The number of benzene rings is 1. The van der Waals surface area contributed by atoms with Gasteiger partial charge in [-0.25, -0.2) is 13.4 Å². The SMILES string of the molecule is C=Cc1ccc2ncc(-c3cnn4c(N)c(Br)c(N5CCS(=O)(=O)CC5)nc34)cc2c1. The molecule has 10 heteroatoms. The maximum Gasteiger partial charge on any atom is 0.167 e. The number of pyridine rings is 1. The minimum atomic E-state index is -3.00. The lowest BCUT2D eigenvalue weighted by Crippen LogP contribution is -2.41. The van der Waals surface area contributed by atoms with Crippen LogP contribution in [0.4, 0.5) is 11.6 Å². The second kappa shape index (κ2) is 7.31. The number of hydrogen-bond acceptors (Lipinski definition) is 7. The molecule has 158 valence electrons. The lowest BCUT2D eigenvalue weighted by Gasteiger charge is -2.28. The average molecular weight is 499 g/mol. The van der Waals surface area contributed by atoms with Crippen LogP contribution in [0.2, 0.25) is 0 Å². The molecule has 8 nitrogen and oxygen atoms in total. The van der Waals surface area contributed by atoms with Gasteiger partial charge in [0, 0.05) is 35.8 Å². The Morgan fingerprint density at radius 3 is 2.68 bits per heavy atom. The van der Waals surface area contributed by atoms with E-state index in [0.29, 0.717) is 34.8 Å². The van der Waals surface area contributed by atoms with Crippen molar-refractivity contribution in [2.75, 3.05) is 35.2 Å². The number of hydrogen-bond donors (Lipinski definition) is 1.